The van der Waals surface area contributed by atoms with E-state index in [1.165, 1.54) is 6.92 Å². The lowest BCUT2D eigenvalue weighted by Crippen LogP contribution is -2.31. The lowest BCUT2D eigenvalue weighted by atomic mass is 10.2. The summed E-state index contributed by atoms with van der Waals surface area (Å²) in [6.45, 7) is 7.36. The van der Waals surface area contributed by atoms with Gasteiger partial charge in [-0.3, -0.25) is 15.0 Å². The summed E-state index contributed by atoms with van der Waals surface area (Å²) in [5, 5.41) is 0. The number of rotatable bonds is 2. The SMILES string of the molecule is CC(C)(C)OC=O.CNNC(C)=O. The number of ether oxygens (including phenoxy) is 1. The molecule has 0 unspecified atom stereocenters. The molecule has 0 aromatic carbocycles. The van der Waals surface area contributed by atoms with Crippen molar-refractivity contribution in [2.45, 2.75) is 33.3 Å². The van der Waals surface area contributed by atoms with Crippen LogP contribution in [-0.4, -0.2) is 25.0 Å². The van der Waals surface area contributed by atoms with Gasteiger partial charge in [-0.2, -0.15) is 0 Å². The molecule has 0 radical (unpaired) electrons. The number of hydrazine groups is 1. The monoisotopic (exact) mass is 190 g/mol. The predicted octanol–water partition coefficient (Wildman–Crippen LogP) is 0.215. The van der Waals surface area contributed by atoms with Crippen LogP contribution in [-0.2, 0) is 14.3 Å². The van der Waals surface area contributed by atoms with Gasteiger partial charge < -0.3 is 4.74 Å². The quantitative estimate of drug-likeness (QED) is 0.482. The van der Waals surface area contributed by atoms with Crippen molar-refractivity contribution < 1.29 is 14.3 Å². The largest absolute Gasteiger partial charge is 0.462 e. The Morgan fingerprint density at radius 2 is 1.85 bits per heavy atom. The van der Waals surface area contributed by atoms with Gasteiger partial charge in [0.1, 0.15) is 5.60 Å². The van der Waals surface area contributed by atoms with E-state index in [0.717, 1.165) is 0 Å². The zero-order valence-electron chi connectivity index (χ0n) is 8.80. The van der Waals surface area contributed by atoms with Crippen LogP contribution in [0.1, 0.15) is 27.7 Å². The topological polar surface area (TPSA) is 67.4 Å². The van der Waals surface area contributed by atoms with E-state index in [9.17, 15) is 9.59 Å². The van der Waals surface area contributed by atoms with Crippen molar-refractivity contribution in [3.8, 4) is 0 Å². The van der Waals surface area contributed by atoms with E-state index in [0.29, 0.717) is 6.47 Å². The second kappa shape index (κ2) is 7.54. The maximum atomic E-state index is 9.87. The highest BCUT2D eigenvalue weighted by Crippen LogP contribution is 2.02. The molecule has 0 atom stereocenters. The van der Waals surface area contributed by atoms with E-state index in [2.05, 4.69) is 15.6 Å². The molecule has 5 heteroatoms. The molecular weight excluding hydrogens is 172 g/mol. The standard InChI is InChI=1S/C5H10O2.C3H8N2O/c1-5(2,3)7-4-6;1-3(6)5-4-2/h4H,1-3H3;4H,1-2H3,(H,5,6). The van der Waals surface area contributed by atoms with Crippen LogP contribution >= 0.6 is 0 Å². The number of nitrogens with one attached hydrogen (secondary N) is 2. The Morgan fingerprint density at radius 3 is 1.85 bits per heavy atom. The van der Waals surface area contributed by atoms with E-state index in [1.54, 1.807) is 7.05 Å². The van der Waals surface area contributed by atoms with Crippen LogP contribution in [0, 0.1) is 0 Å². The van der Waals surface area contributed by atoms with Crippen molar-refractivity contribution in [2.75, 3.05) is 7.05 Å². The summed E-state index contributed by atoms with van der Waals surface area (Å²) in [5.41, 5.74) is 4.47. The molecule has 0 bridgehead atoms. The Morgan fingerprint density at radius 1 is 1.38 bits per heavy atom. The molecule has 0 aliphatic carbocycles. The number of carbonyl (C=O) groups excluding carboxylic acids is 2. The summed E-state index contributed by atoms with van der Waals surface area (Å²) in [6.07, 6.45) is 0. The van der Waals surface area contributed by atoms with Crippen LogP contribution in [0.4, 0.5) is 0 Å². The summed E-state index contributed by atoms with van der Waals surface area (Å²) >= 11 is 0. The zero-order valence-corrected chi connectivity index (χ0v) is 8.80. The van der Waals surface area contributed by atoms with E-state index >= 15 is 0 Å². The maximum absolute atomic E-state index is 9.87. The number of hydrogen-bond donors (Lipinski definition) is 2. The van der Waals surface area contributed by atoms with Gasteiger partial charge in [-0.1, -0.05) is 0 Å². The van der Waals surface area contributed by atoms with Crippen LogP contribution in [0.3, 0.4) is 0 Å². The second-order valence-corrected chi connectivity index (χ2v) is 3.26. The van der Waals surface area contributed by atoms with Gasteiger partial charge in [0.2, 0.25) is 5.91 Å². The van der Waals surface area contributed by atoms with Gasteiger partial charge in [-0.15, -0.1) is 0 Å². The minimum atomic E-state index is -0.318. The van der Waals surface area contributed by atoms with Crippen molar-refractivity contribution in [3.05, 3.63) is 0 Å². The fourth-order valence-electron chi connectivity index (χ4n) is 0.320. The molecule has 78 valence electrons. The smallest absolute Gasteiger partial charge is 0.293 e. The fraction of sp³-hybridized carbons (Fsp3) is 0.750. The molecule has 0 saturated carbocycles. The zero-order chi connectivity index (χ0) is 10.9. The van der Waals surface area contributed by atoms with Gasteiger partial charge in [0.15, 0.2) is 0 Å². The minimum Gasteiger partial charge on any atom is -0.462 e. The number of hydrogen-bond acceptors (Lipinski definition) is 4. The molecule has 0 rings (SSSR count). The first-order valence-corrected chi connectivity index (χ1v) is 3.88. The van der Waals surface area contributed by atoms with Crippen molar-refractivity contribution in [1.82, 2.24) is 10.9 Å². The summed E-state index contributed by atoms with van der Waals surface area (Å²) < 4.78 is 4.55. The molecule has 0 spiro atoms. The Bertz CT molecular complexity index is 152. The predicted molar refractivity (Wildman–Crippen MR) is 49.8 cm³/mol. The molecule has 2 N–H and O–H groups in total. The number of carbonyl (C=O) groups is 2. The van der Waals surface area contributed by atoms with Crippen LogP contribution < -0.4 is 10.9 Å². The third kappa shape index (κ3) is 24.8. The molecule has 1 amide bonds. The van der Waals surface area contributed by atoms with Gasteiger partial charge in [-0.25, -0.2) is 5.43 Å². The van der Waals surface area contributed by atoms with Gasteiger partial charge >= 0.3 is 0 Å². The molecule has 0 fully saturated rings. The Kier molecular flexibility index (Phi) is 8.37. The lowest BCUT2D eigenvalue weighted by Gasteiger charge is -2.14. The van der Waals surface area contributed by atoms with Gasteiger partial charge in [-0.05, 0) is 20.8 Å². The molecule has 0 heterocycles. The Labute approximate surface area is 78.8 Å². The number of amides is 1. The third-order valence-electron chi connectivity index (χ3n) is 0.703. The summed E-state index contributed by atoms with van der Waals surface area (Å²) in [7, 11) is 1.64. The summed E-state index contributed by atoms with van der Waals surface area (Å²) in [4.78, 5) is 19.5. The van der Waals surface area contributed by atoms with Crippen LogP contribution in [0.2, 0.25) is 0 Å². The Hall–Kier alpha value is -1.10. The average molecular weight is 190 g/mol. The van der Waals surface area contributed by atoms with Crippen LogP contribution in [0.25, 0.3) is 0 Å². The normalized spacial score (nSPS) is 9.31. The first kappa shape index (κ1) is 14.4. The third-order valence-corrected chi connectivity index (χ3v) is 0.703. The maximum Gasteiger partial charge on any atom is 0.293 e. The first-order valence-electron chi connectivity index (χ1n) is 3.88. The Balaban J connectivity index is 0. The van der Waals surface area contributed by atoms with Gasteiger partial charge in [0.25, 0.3) is 6.47 Å². The van der Waals surface area contributed by atoms with Crippen LogP contribution in [0.15, 0.2) is 0 Å². The fourth-order valence-corrected chi connectivity index (χ4v) is 0.320. The van der Waals surface area contributed by atoms with Crippen molar-refractivity contribution in [1.29, 1.82) is 0 Å². The van der Waals surface area contributed by atoms with Crippen molar-refractivity contribution in [3.63, 3.8) is 0 Å². The minimum absolute atomic E-state index is 0.0718. The molecule has 0 aliphatic rings. The van der Waals surface area contributed by atoms with Crippen molar-refractivity contribution >= 4 is 12.4 Å². The lowest BCUT2D eigenvalue weighted by molar-refractivity contribution is -0.138. The van der Waals surface area contributed by atoms with Crippen LogP contribution in [0.5, 0.6) is 0 Å². The molecule has 13 heavy (non-hydrogen) atoms. The van der Waals surface area contributed by atoms with E-state index in [4.69, 9.17) is 0 Å². The molecular formula is C8H18N2O3. The van der Waals surface area contributed by atoms with Gasteiger partial charge in [0, 0.05) is 14.0 Å². The van der Waals surface area contributed by atoms with E-state index in [1.807, 2.05) is 20.8 Å². The average Bonchev–Trinajstić information content (AvgIpc) is 1.84. The first-order chi connectivity index (χ1) is 5.83. The highest BCUT2D eigenvalue weighted by molar-refractivity contribution is 5.72. The van der Waals surface area contributed by atoms with E-state index < -0.39 is 0 Å². The highest BCUT2D eigenvalue weighted by atomic mass is 16.5. The van der Waals surface area contributed by atoms with E-state index in [-0.39, 0.29) is 11.5 Å². The molecule has 5 nitrogen and oxygen atoms in total. The molecule has 0 saturated heterocycles. The van der Waals surface area contributed by atoms with Crippen molar-refractivity contribution in [2.24, 2.45) is 0 Å². The highest BCUT2D eigenvalue weighted by Gasteiger charge is 2.07. The second-order valence-electron chi connectivity index (χ2n) is 3.26. The molecule has 0 aromatic rings. The summed E-state index contributed by atoms with van der Waals surface area (Å²) in [6, 6.07) is 0. The molecule has 0 aliphatic heterocycles. The molecule has 0 aromatic heterocycles. The summed E-state index contributed by atoms with van der Waals surface area (Å²) in [5.74, 6) is -0.0718. The van der Waals surface area contributed by atoms with Gasteiger partial charge in [0.05, 0.1) is 0 Å².